The molecule has 0 fully saturated rings. The molecule has 3 aromatic rings. The molecule has 1 N–H and O–H groups in total. The summed E-state index contributed by atoms with van der Waals surface area (Å²) in [6, 6.07) is 14.9. The van der Waals surface area contributed by atoms with E-state index in [1.807, 2.05) is 12.1 Å². The molecule has 1 unspecified atom stereocenters. The minimum absolute atomic E-state index is 0.0133. The Morgan fingerprint density at radius 3 is 2.70 bits per heavy atom. The molecule has 0 saturated carbocycles. The van der Waals surface area contributed by atoms with Gasteiger partial charge in [0.2, 0.25) is 0 Å². The predicted molar refractivity (Wildman–Crippen MR) is 87.3 cm³/mol. The van der Waals surface area contributed by atoms with Crippen molar-refractivity contribution in [2.24, 2.45) is 0 Å². The van der Waals surface area contributed by atoms with Gasteiger partial charge in [0.15, 0.2) is 0 Å². The Labute approximate surface area is 132 Å². The second-order valence-electron chi connectivity index (χ2n) is 4.59. The Hall–Kier alpha value is -1.16. The molecule has 0 amide bonds. The van der Waals surface area contributed by atoms with E-state index in [1.165, 1.54) is 5.56 Å². The van der Waals surface area contributed by atoms with Gasteiger partial charge in [-0.05, 0) is 0 Å². The van der Waals surface area contributed by atoms with E-state index in [-0.39, 0.29) is 21.0 Å². The van der Waals surface area contributed by atoms with Crippen molar-refractivity contribution in [1.29, 1.82) is 0 Å². The number of halogens is 1. The zero-order valence-electron chi connectivity index (χ0n) is 11.0. The summed E-state index contributed by atoms with van der Waals surface area (Å²) in [4.78, 5) is 0. The van der Waals surface area contributed by atoms with E-state index in [1.54, 1.807) is 0 Å². The molecule has 0 aliphatic carbocycles. The van der Waals surface area contributed by atoms with Gasteiger partial charge in [-0.3, -0.25) is 0 Å². The van der Waals surface area contributed by atoms with E-state index in [4.69, 9.17) is 0 Å². The van der Waals surface area contributed by atoms with Crippen LogP contribution < -0.4 is 5.32 Å². The Morgan fingerprint density at radius 1 is 1.15 bits per heavy atom. The number of nitrogens with one attached hydrogen (secondary N) is 1. The summed E-state index contributed by atoms with van der Waals surface area (Å²) in [5.74, 6) is 0. The standard InChI is InChI=1S/C15H14BrN3Se/c1-2-12(10-6-8-11(16)9-7-10)17-13-4-3-5-14-15(13)19-20-18-14/h3-9,12,17H,2H2,1H3. The van der Waals surface area contributed by atoms with E-state index in [0.717, 1.165) is 27.6 Å². The molecule has 0 radical (unpaired) electrons. The number of benzene rings is 2. The maximum atomic E-state index is 4.52. The topological polar surface area (TPSA) is 37.8 Å². The van der Waals surface area contributed by atoms with Gasteiger partial charge in [0, 0.05) is 0 Å². The molecule has 2 aromatic carbocycles. The molecule has 5 heteroatoms. The summed E-state index contributed by atoms with van der Waals surface area (Å²) in [6.07, 6.45) is 1.02. The van der Waals surface area contributed by atoms with Crippen LogP contribution in [0.1, 0.15) is 24.9 Å². The zero-order valence-corrected chi connectivity index (χ0v) is 14.3. The SMILES string of the molecule is CCC(Nc1cccc2n[se]nc12)c1ccc(Br)cc1. The summed E-state index contributed by atoms with van der Waals surface area (Å²) >= 11 is 3.49. The number of aromatic nitrogens is 2. The summed E-state index contributed by atoms with van der Waals surface area (Å²) in [5.41, 5.74) is 4.40. The van der Waals surface area contributed by atoms with Gasteiger partial charge >= 0.3 is 133 Å². The molecule has 20 heavy (non-hydrogen) atoms. The normalized spacial score (nSPS) is 12.5. The van der Waals surface area contributed by atoms with Crippen LogP contribution in [0.4, 0.5) is 5.69 Å². The van der Waals surface area contributed by atoms with Gasteiger partial charge in [0.05, 0.1) is 0 Å². The molecular weight excluding hydrogens is 381 g/mol. The number of hydrogen-bond acceptors (Lipinski definition) is 3. The zero-order chi connectivity index (χ0) is 13.9. The van der Waals surface area contributed by atoms with E-state index in [9.17, 15) is 0 Å². The summed E-state index contributed by atoms with van der Waals surface area (Å²) in [6.45, 7) is 2.19. The van der Waals surface area contributed by atoms with Crippen molar-refractivity contribution in [1.82, 2.24) is 7.96 Å². The summed E-state index contributed by atoms with van der Waals surface area (Å²) < 4.78 is 10.1. The average Bonchev–Trinajstić information content (AvgIpc) is 2.95. The summed E-state index contributed by atoms with van der Waals surface area (Å²) in [7, 11) is 0. The predicted octanol–water partition coefficient (Wildman–Crippen LogP) is 4.01. The van der Waals surface area contributed by atoms with Crippen LogP contribution in [0.3, 0.4) is 0 Å². The van der Waals surface area contributed by atoms with Crippen molar-refractivity contribution in [3.63, 3.8) is 0 Å². The van der Waals surface area contributed by atoms with Gasteiger partial charge in [-0.1, -0.05) is 0 Å². The third kappa shape index (κ3) is 2.80. The third-order valence-corrected chi connectivity index (χ3v) is 4.96. The second-order valence-corrected chi connectivity index (χ2v) is 6.62. The van der Waals surface area contributed by atoms with Crippen molar-refractivity contribution < 1.29 is 0 Å². The monoisotopic (exact) mass is 395 g/mol. The van der Waals surface area contributed by atoms with E-state index >= 15 is 0 Å². The van der Waals surface area contributed by atoms with E-state index in [0.29, 0.717) is 0 Å². The first kappa shape index (κ1) is 13.8. The fourth-order valence-electron chi connectivity index (χ4n) is 2.23. The van der Waals surface area contributed by atoms with Gasteiger partial charge in [-0.15, -0.1) is 0 Å². The van der Waals surface area contributed by atoms with Crippen LogP contribution in [-0.2, 0) is 0 Å². The maximum absolute atomic E-state index is 4.52. The van der Waals surface area contributed by atoms with Crippen LogP contribution >= 0.6 is 15.9 Å². The quantitative estimate of drug-likeness (QED) is 0.679. The number of nitrogens with zero attached hydrogens (tertiary/aromatic N) is 2. The van der Waals surface area contributed by atoms with Gasteiger partial charge in [0.25, 0.3) is 0 Å². The number of rotatable bonds is 4. The molecule has 3 rings (SSSR count). The molecule has 0 spiro atoms. The Bertz CT molecular complexity index is 708. The van der Waals surface area contributed by atoms with Crippen LogP contribution in [0, 0.1) is 0 Å². The first-order chi connectivity index (χ1) is 9.78. The van der Waals surface area contributed by atoms with Crippen molar-refractivity contribution in [3.05, 3.63) is 52.5 Å². The van der Waals surface area contributed by atoms with Gasteiger partial charge in [-0.25, -0.2) is 0 Å². The minimum atomic E-state index is 0.0133. The van der Waals surface area contributed by atoms with Gasteiger partial charge in [0.1, 0.15) is 0 Å². The number of hydrogen-bond donors (Lipinski definition) is 1. The van der Waals surface area contributed by atoms with Gasteiger partial charge < -0.3 is 0 Å². The van der Waals surface area contributed by atoms with Crippen molar-refractivity contribution >= 4 is 47.6 Å². The molecule has 3 nitrogen and oxygen atoms in total. The van der Waals surface area contributed by atoms with Gasteiger partial charge in [-0.2, -0.15) is 0 Å². The molecule has 0 aliphatic rings. The van der Waals surface area contributed by atoms with Crippen LogP contribution in [0.5, 0.6) is 0 Å². The van der Waals surface area contributed by atoms with Crippen molar-refractivity contribution in [3.8, 4) is 0 Å². The second kappa shape index (κ2) is 6.08. The van der Waals surface area contributed by atoms with Crippen LogP contribution in [-0.4, -0.2) is 22.9 Å². The molecular formula is C15H14BrN3Se. The first-order valence-electron chi connectivity index (χ1n) is 6.51. The number of anilines is 1. The third-order valence-electron chi connectivity index (χ3n) is 3.30. The van der Waals surface area contributed by atoms with Crippen LogP contribution in [0.15, 0.2) is 46.9 Å². The Balaban J connectivity index is 1.91. The molecule has 1 atom stereocenters. The van der Waals surface area contributed by atoms with Crippen LogP contribution in [0.2, 0.25) is 0 Å². The van der Waals surface area contributed by atoms with E-state index < -0.39 is 0 Å². The van der Waals surface area contributed by atoms with Crippen molar-refractivity contribution in [2.75, 3.05) is 5.32 Å². The molecule has 0 bridgehead atoms. The fraction of sp³-hybridized carbons (Fsp3) is 0.200. The van der Waals surface area contributed by atoms with Crippen molar-refractivity contribution in [2.45, 2.75) is 19.4 Å². The fourth-order valence-corrected chi connectivity index (χ4v) is 3.64. The molecule has 1 heterocycles. The summed E-state index contributed by atoms with van der Waals surface area (Å²) in [5, 5.41) is 3.61. The first-order valence-corrected chi connectivity index (χ1v) is 8.83. The molecule has 0 saturated heterocycles. The molecule has 102 valence electrons. The molecule has 1 aromatic heterocycles. The van der Waals surface area contributed by atoms with Crippen LogP contribution in [0.25, 0.3) is 11.0 Å². The van der Waals surface area contributed by atoms with E-state index in [2.05, 4.69) is 66.5 Å². The Morgan fingerprint density at radius 2 is 1.95 bits per heavy atom. The number of fused-ring (bicyclic) bond motifs is 1. The molecule has 0 aliphatic heterocycles. The Kier molecular flexibility index (Phi) is 4.20. The average molecular weight is 395 g/mol.